The number of anilines is 1. The maximum atomic E-state index is 6.05. The number of hydrogen-bond acceptors (Lipinski definition) is 1. The van der Waals surface area contributed by atoms with Gasteiger partial charge in [0.15, 0.2) is 0 Å². The maximum absolute atomic E-state index is 6.05. The summed E-state index contributed by atoms with van der Waals surface area (Å²) in [4.78, 5) is 0. The van der Waals surface area contributed by atoms with Gasteiger partial charge in [0.1, 0.15) is 0 Å². The molecule has 1 N–H and O–H groups in total. The Morgan fingerprint density at radius 3 is 2.80 bits per heavy atom. The molecular weight excluding hydrogens is 273 g/mol. The fourth-order valence-corrected chi connectivity index (χ4v) is 1.95. The molecule has 0 aromatic heterocycles. The molecule has 82 valence electrons. The molecule has 1 aromatic rings. The normalized spacial score (nSPS) is 10.1. The average Bonchev–Trinajstić information content (AvgIpc) is 2.13. The third kappa shape index (κ3) is 3.88. The minimum absolute atomic E-state index is 0.788. The van der Waals surface area contributed by atoms with Gasteiger partial charge in [-0.25, -0.2) is 0 Å². The van der Waals surface area contributed by atoms with Gasteiger partial charge >= 0.3 is 0 Å². The van der Waals surface area contributed by atoms with Gasteiger partial charge in [-0.3, -0.25) is 0 Å². The first kappa shape index (κ1) is 12.6. The lowest BCUT2D eigenvalue weighted by atomic mass is 10.2. The topological polar surface area (TPSA) is 12.0 Å². The van der Waals surface area contributed by atoms with E-state index in [1.54, 1.807) is 0 Å². The summed E-state index contributed by atoms with van der Waals surface area (Å²) in [6.07, 6.45) is 0.970. The van der Waals surface area contributed by atoms with Crippen LogP contribution in [0.15, 0.2) is 28.8 Å². The number of aryl methyl sites for hydroxylation is 1. The molecule has 3 heteroatoms. The summed E-state index contributed by atoms with van der Waals surface area (Å²) in [5.74, 6) is 0. The van der Waals surface area contributed by atoms with Crippen LogP contribution in [0.1, 0.15) is 18.9 Å². The molecule has 1 nitrogen and oxygen atoms in total. The second kappa shape index (κ2) is 5.57. The fraction of sp³-hybridized carbons (Fsp3) is 0.333. The van der Waals surface area contributed by atoms with Gasteiger partial charge in [-0.2, -0.15) is 0 Å². The third-order valence-corrected chi connectivity index (χ3v) is 3.18. The van der Waals surface area contributed by atoms with Gasteiger partial charge in [0, 0.05) is 21.7 Å². The van der Waals surface area contributed by atoms with Crippen molar-refractivity contribution in [1.82, 2.24) is 0 Å². The molecule has 0 saturated heterocycles. The van der Waals surface area contributed by atoms with Crippen LogP contribution in [0, 0.1) is 6.92 Å². The minimum atomic E-state index is 0.788. The van der Waals surface area contributed by atoms with Crippen molar-refractivity contribution in [3.8, 4) is 0 Å². The molecular formula is C12H15BrClN. The van der Waals surface area contributed by atoms with Crippen LogP contribution in [-0.2, 0) is 0 Å². The van der Waals surface area contributed by atoms with E-state index in [4.69, 9.17) is 11.6 Å². The first-order valence-electron chi connectivity index (χ1n) is 4.84. The predicted molar refractivity (Wildman–Crippen MR) is 71.8 cm³/mol. The molecule has 0 amide bonds. The number of halogens is 2. The summed E-state index contributed by atoms with van der Waals surface area (Å²) in [6, 6.07) is 3.96. The van der Waals surface area contributed by atoms with E-state index >= 15 is 0 Å². The van der Waals surface area contributed by atoms with Gasteiger partial charge in [0.2, 0.25) is 0 Å². The largest absolute Gasteiger partial charge is 0.384 e. The quantitative estimate of drug-likeness (QED) is 0.786. The number of nitrogens with one attached hydrogen (secondary N) is 1. The Kier molecular flexibility index (Phi) is 4.68. The van der Waals surface area contributed by atoms with Crippen molar-refractivity contribution < 1.29 is 0 Å². The average molecular weight is 289 g/mol. The lowest BCUT2D eigenvalue weighted by molar-refractivity contribution is 1.00. The van der Waals surface area contributed by atoms with E-state index in [2.05, 4.69) is 27.8 Å². The highest BCUT2D eigenvalue weighted by molar-refractivity contribution is 9.10. The summed E-state index contributed by atoms with van der Waals surface area (Å²) >= 11 is 9.55. The molecule has 0 radical (unpaired) electrons. The van der Waals surface area contributed by atoms with E-state index in [9.17, 15) is 0 Å². The Labute approximate surface area is 105 Å². The summed E-state index contributed by atoms with van der Waals surface area (Å²) in [6.45, 7) is 8.76. The predicted octanol–water partition coefficient (Wildman–Crippen LogP) is 4.79. The molecule has 1 rings (SSSR count). The van der Waals surface area contributed by atoms with Gasteiger partial charge in [-0.1, -0.05) is 17.2 Å². The van der Waals surface area contributed by atoms with Crippen molar-refractivity contribution in [2.75, 3.05) is 11.9 Å². The van der Waals surface area contributed by atoms with E-state index in [-0.39, 0.29) is 0 Å². The zero-order valence-electron chi connectivity index (χ0n) is 9.03. The maximum Gasteiger partial charge on any atom is 0.0499 e. The van der Waals surface area contributed by atoms with Crippen molar-refractivity contribution in [3.63, 3.8) is 0 Å². The second-order valence-electron chi connectivity index (χ2n) is 3.72. The highest BCUT2D eigenvalue weighted by Gasteiger charge is 2.03. The summed E-state index contributed by atoms with van der Waals surface area (Å²) in [7, 11) is 0. The molecule has 0 aliphatic rings. The molecule has 0 aliphatic heterocycles. The van der Waals surface area contributed by atoms with Crippen molar-refractivity contribution in [1.29, 1.82) is 0 Å². The lowest BCUT2D eigenvalue weighted by Crippen LogP contribution is -2.02. The first-order chi connectivity index (χ1) is 7.00. The minimum Gasteiger partial charge on any atom is -0.384 e. The van der Waals surface area contributed by atoms with Crippen LogP contribution in [0.4, 0.5) is 5.69 Å². The molecule has 0 unspecified atom stereocenters. The molecule has 0 bridgehead atoms. The van der Waals surface area contributed by atoms with E-state index in [0.717, 1.165) is 33.7 Å². The monoisotopic (exact) mass is 287 g/mol. The standard InChI is InChI=1S/C12H15BrClN/c1-8(2)4-5-15-12-7-11(14)9(3)6-10(12)13/h6-7,15H,1,4-5H2,2-3H3. The third-order valence-electron chi connectivity index (χ3n) is 2.12. The van der Waals surface area contributed by atoms with Gasteiger partial charge in [0.05, 0.1) is 0 Å². The Balaban J connectivity index is 2.69. The number of benzene rings is 1. The molecule has 0 atom stereocenters. The van der Waals surface area contributed by atoms with Crippen molar-refractivity contribution in [2.24, 2.45) is 0 Å². The van der Waals surface area contributed by atoms with Crippen LogP contribution in [0.25, 0.3) is 0 Å². The van der Waals surface area contributed by atoms with Crippen LogP contribution >= 0.6 is 27.5 Å². The van der Waals surface area contributed by atoms with Crippen LogP contribution < -0.4 is 5.32 Å². The summed E-state index contributed by atoms with van der Waals surface area (Å²) in [5, 5.41) is 4.11. The Morgan fingerprint density at radius 1 is 1.53 bits per heavy atom. The van der Waals surface area contributed by atoms with Gasteiger partial charge in [-0.05, 0) is 53.9 Å². The molecule has 0 saturated carbocycles. The van der Waals surface area contributed by atoms with Crippen molar-refractivity contribution >= 4 is 33.2 Å². The summed E-state index contributed by atoms with van der Waals surface area (Å²) < 4.78 is 1.05. The molecule has 0 fully saturated rings. The Bertz CT molecular complexity index is 374. The van der Waals surface area contributed by atoms with E-state index in [1.165, 1.54) is 5.57 Å². The molecule has 0 heterocycles. The number of hydrogen-bond donors (Lipinski definition) is 1. The van der Waals surface area contributed by atoms with Crippen molar-refractivity contribution in [3.05, 3.63) is 39.3 Å². The molecule has 0 spiro atoms. The highest BCUT2D eigenvalue weighted by Crippen LogP contribution is 2.29. The lowest BCUT2D eigenvalue weighted by Gasteiger charge is -2.10. The van der Waals surface area contributed by atoms with E-state index in [0.29, 0.717) is 0 Å². The van der Waals surface area contributed by atoms with Crippen LogP contribution in [-0.4, -0.2) is 6.54 Å². The fourth-order valence-electron chi connectivity index (χ4n) is 1.19. The smallest absolute Gasteiger partial charge is 0.0499 e. The van der Waals surface area contributed by atoms with Crippen molar-refractivity contribution in [2.45, 2.75) is 20.3 Å². The zero-order valence-corrected chi connectivity index (χ0v) is 11.4. The summed E-state index contributed by atoms with van der Waals surface area (Å²) in [5.41, 5.74) is 3.29. The van der Waals surface area contributed by atoms with Gasteiger partial charge in [0.25, 0.3) is 0 Å². The Hall–Kier alpha value is -0.470. The SMILES string of the molecule is C=C(C)CCNc1cc(Cl)c(C)cc1Br. The number of rotatable bonds is 4. The zero-order chi connectivity index (χ0) is 11.4. The molecule has 0 aliphatic carbocycles. The van der Waals surface area contributed by atoms with E-state index < -0.39 is 0 Å². The van der Waals surface area contributed by atoms with Crippen LogP contribution in [0.3, 0.4) is 0 Å². The highest BCUT2D eigenvalue weighted by atomic mass is 79.9. The van der Waals surface area contributed by atoms with Gasteiger partial charge < -0.3 is 5.32 Å². The van der Waals surface area contributed by atoms with Gasteiger partial charge in [-0.15, -0.1) is 6.58 Å². The van der Waals surface area contributed by atoms with Crippen LogP contribution in [0.2, 0.25) is 5.02 Å². The van der Waals surface area contributed by atoms with Crippen LogP contribution in [0.5, 0.6) is 0 Å². The molecule has 1 aromatic carbocycles. The Morgan fingerprint density at radius 2 is 2.20 bits per heavy atom. The molecule has 15 heavy (non-hydrogen) atoms. The first-order valence-corrected chi connectivity index (χ1v) is 6.01. The van der Waals surface area contributed by atoms with E-state index in [1.807, 2.05) is 26.0 Å². The second-order valence-corrected chi connectivity index (χ2v) is 4.98.